The van der Waals surface area contributed by atoms with Crippen molar-refractivity contribution in [1.82, 2.24) is 20.6 Å². The Hall–Kier alpha value is -2.82. The van der Waals surface area contributed by atoms with E-state index in [0.29, 0.717) is 6.54 Å². The Morgan fingerprint density at radius 1 is 1.12 bits per heavy atom. The van der Waals surface area contributed by atoms with Crippen molar-refractivity contribution in [2.75, 3.05) is 13.1 Å². The van der Waals surface area contributed by atoms with Crippen molar-refractivity contribution in [2.24, 2.45) is 4.99 Å². The number of fused-ring (bicyclic) bond motifs is 1. The fraction of sp³-hybridized carbons (Fsp3) is 0.300. The molecule has 0 aliphatic carbocycles. The van der Waals surface area contributed by atoms with Gasteiger partial charge >= 0.3 is 0 Å². The zero-order valence-electron chi connectivity index (χ0n) is 14.6. The quantitative estimate of drug-likeness (QED) is 0.353. The number of hydrogen-bond acceptors (Lipinski definition) is 2. The average molecular weight is 335 g/mol. The molecule has 0 radical (unpaired) electrons. The van der Waals surface area contributed by atoms with Gasteiger partial charge in [-0.15, -0.1) is 0 Å². The molecule has 3 aromatic rings. The Morgan fingerprint density at radius 3 is 2.84 bits per heavy atom. The predicted octanol–water partition coefficient (Wildman–Crippen LogP) is 3.25. The summed E-state index contributed by atoms with van der Waals surface area (Å²) in [6.45, 7) is 4.38. The van der Waals surface area contributed by atoms with Crippen LogP contribution >= 0.6 is 0 Å². The van der Waals surface area contributed by atoms with Crippen molar-refractivity contribution in [2.45, 2.75) is 26.3 Å². The summed E-state index contributed by atoms with van der Waals surface area (Å²) in [5.41, 5.74) is 3.54. The van der Waals surface area contributed by atoms with Crippen LogP contribution in [0.15, 0.2) is 59.9 Å². The summed E-state index contributed by atoms with van der Waals surface area (Å²) in [6, 6.07) is 14.3. The molecule has 25 heavy (non-hydrogen) atoms. The standard InChI is InChI=1S/C20H25N5/c1-2-21-20(25-15-17-9-5-6-12-22-17)23-13-7-8-16-14-24-19-11-4-3-10-18(16)19/h3-6,9-12,14,24H,2,7-8,13,15H2,1H3,(H2,21,23,25). The Balaban J connectivity index is 1.50. The monoisotopic (exact) mass is 335 g/mol. The van der Waals surface area contributed by atoms with Crippen LogP contribution in [0, 0.1) is 0 Å². The summed E-state index contributed by atoms with van der Waals surface area (Å²) in [5.74, 6) is 0.840. The number of nitrogens with one attached hydrogen (secondary N) is 3. The van der Waals surface area contributed by atoms with Crippen LogP contribution in [0.2, 0.25) is 0 Å². The summed E-state index contributed by atoms with van der Waals surface area (Å²) >= 11 is 0. The molecule has 2 heterocycles. The maximum atomic E-state index is 4.59. The molecule has 5 nitrogen and oxygen atoms in total. The highest BCUT2D eigenvalue weighted by Gasteiger charge is 2.03. The van der Waals surface area contributed by atoms with Crippen molar-refractivity contribution in [1.29, 1.82) is 0 Å². The summed E-state index contributed by atoms with van der Waals surface area (Å²) in [6.07, 6.45) is 6.00. The Morgan fingerprint density at radius 2 is 2.00 bits per heavy atom. The normalized spacial score (nSPS) is 11.6. The molecule has 0 saturated carbocycles. The van der Waals surface area contributed by atoms with E-state index in [4.69, 9.17) is 0 Å². The van der Waals surface area contributed by atoms with E-state index in [1.807, 2.05) is 18.2 Å². The molecule has 0 amide bonds. The second kappa shape index (κ2) is 8.87. The minimum Gasteiger partial charge on any atom is -0.361 e. The maximum Gasteiger partial charge on any atom is 0.191 e. The van der Waals surface area contributed by atoms with Gasteiger partial charge in [0, 0.05) is 36.4 Å². The first-order valence-corrected chi connectivity index (χ1v) is 8.84. The van der Waals surface area contributed by atoms with Crippen molar-refractivity contribution < 1.29 is 0 Å². The van der Waals surface area contributed by atoms with Crippen molar-refractivity contribution in [3.8, 4) is 0 Å². The lowest BCUT2D eigenvalue weighted by Crippen LogP contribution is -2.37. The van der Waals surface area contributed by atoms with Crippen LogP contribution in [0.1, 0.15) is 24.6 Å². The van der Waals surface area contributed by atoms with Gasteiger partial charge in [0.05, 0.1) is 12.2 Å². The first kappa shape index (κ1) is 17.0. The van der Waals surface area contributed by atoms with E-state index >= 15 is 0 Å². The van der Waals surface area contributed by atoms with E-state index in [9.17, 15) is 0 Å². The highest BCUT2D eigenvalue weighted by atomic mass is 15.2. The first-order valence-electron chi connectivity index (χ1n) is 8.84. The number of H-pyrrole nitrogens is 1. The number of rotatable bonds is 7. The van der Waals surface area contributed by atoms with Crippen LogP contribution in [-0.2, 0) is 13.0 Å². The number of hydrogen-bond donors (Lipinski definition) is 3. The first-order chi connectivity index (χ1) is 12.4. The maximum absolute atomic E-state index is 4.59. The number of aromatic nitrogens is 2. The number of para-hydroxylation sites is 1. The minimum atomic E-state index is 0.582. The second-order valence-corrected chi connectivity index (χ2v) is 5.91. The van der Waals surface area contributed by atoms with Crippen molar-refractivity contribution in [3.05, 3.63) is 66.1 Å². The highest BCUT2D eigenvalue weighted by molar-refractivity contribution is 5.83. The molecule has 0 aliphatic rings. The molecule has 0 unspecified atom stereocenters. The van der Waals surface area contributed by atoms with Gasteiger partial charge in [0.25, 0.3) is 0 Å². The topological polar surface area (TPSA) is 65.1 Å². The van der Waals surface area contributed by atoms with Crippen LogP contribution in [0.5, 0.6) is 0 Å². The summed E-state index contributed by atoms with van der Waals surface area (Å²) in [5, 5.41) is 8.00. The molecule has 3 N–H and O–H groups in total. The van der Waals surface area contributed by atoms with Gasteiger partial charge < -0.3 is 15.6 Å². The second-order valence-electron chi connectivity index (χ2n) is 5.91. The summed E-state index contributed by atoms with van der Waals surface area (Å²) < 4.78 is 0. The lowest BCUT2D eigenvalue weighted by molar-refractivity contribution is 0.744. The molecular weight excluding hydrogens is 310 g/mol. The summed E-state index contributed by atoms with van der Waals surface area (Å²) in [7, 11) is 0. The zero-order chi connectivity index (χ0) is 17.3. The molecule has 5 heteroatoms. The number of pyridine rings is 1. The van der Waals surface area contributed by atoms with Crippen LogP contribution in [-0.4, -0.2) is 29.0 Å². The third-order valence-electron chi connectivity index (χ3n) is 4.06. The van der Waals surface area contributed by atoms with Gasteiger partial charge in [-0.2, -0.15) is 0 Å². The fourth-order valence-electron chi connectivity index (χ4n) is 2.82. The molecule has 0 saturated heterocycles. The molecule has 0 fully saturated rings. The van der Waals surface area contributed by atoms with Crippen LogP contribution in [0.3, 0.4) is 0 Å². The van der Waals surface area contributed by atoms with Gasteiger partial charge in [0.15, 0.2) is 5.96 Å². The van der Waals surface area contributed by atoms with Crippen LogP contribution < -0.4 is 10.6 Å². The Labute approximate surface area is 148 Å². The molecule has 0 spiro atoms. The molecular formula is C20H25N5. The smallest absolute Gasteiger partial charge is 0.191 e. The van der Waals surface area contributed by atoms with E-state index in [1.54, 1.807) is 6.20 Å². The number of aryl methyl sites for hydroxylation is 1. The number of aromatic amines is 1. The Kier molecular flexibility index (Phi) is 6.04. The van der Waals surface area contributed by atoms with E-state index in [0.717, 1.165) is 37.6 Å². The molecule has 1 aromatic carbocycles. The van der Waals surface area contributed by atoms with Crippen molar-refractivity contribution >= 4 is 16.9 Å². The SMILES string of the molecule is CCNC(=NCc1ccccn1)NCCCc1c[nH]c2ccccc12. The van der Waals surface area contributed by atoms with Gasteiger partial charge in [-0.05, 0) is 43.5 Å². The largest absolute Gasteiger partial charge is 0.361 e. The molecule has 0 aliphatic heterocycles. The third kappa shape index (κ3) is 4.83. The van der Waals surface area contributed by atoms with Crippen LogP contribution in [0.4, 0.5) is 0 Å². The van der Waals surface area contributed by atoms with Crippen LogP contribution in [0.25, 0.3) is 10.9 Å². The van der Waals surface area contributed by atoms with E-state index in [2.05, 4.69) is 63.0 Å². The van der Waals surface area contributed by atoms with E-state index in [1.165, 1.54) is 16.5 Å². The number of benzene rings is 1. The van der Waals surface area contributed by atoms with Gasteiger partial charge in [-0.25, -0.2) is 4.99 Å². The highest BCUT2D eigenvalue weighted by Crippen LogP contribution is 2.18. The molecule has 0 bridgehead atoms. The molecule has 3 rings (SSSR count). The lowest BCUT2D eigenvalue weighted by Gasteiger charge is -2.11. The number of guanidine groups is 1. The minimum absolute atomic E-state index is 0.582. The number of aliphatic imine (C=N–C) groups is 1. The third-order valence-corrected chi connectivity index (χ3v) is 4.06. The van der Waals surface area contributed by atoms with E-state index in [-0.39, 0.29) is 0 Å². The van der Waals surface area contributed by atoms with Gasteiger partial charge in [0.2, 0.25) is 0 Å². The van der Waals surface area contributed by atoms with Gasteiger partial charge in [-0.1, -0.05) is 24.3 Å². The molecule has 130 valence electrons. The molecule has 2 aromatic heterocycles. The van der Waals surface area contributed by atoms with Gasteiger partial charge in [-0.3, -0.25) is 4.98 Å². The molecule has 0 atom stereocenters. The Bertz CT molecular complexity index is 807. The lowest BCUT2D eigenvalue weighted by atomic mass is 10.1. The predicted molar refractivity (Wildman–Crippen MR) is 104 cm³/mol. The van der Waals surface area contributed by atoms with E-state index < -0.39 is 0 Å². The fourth-order valence-corrected chi connectivity index (χ4v) is 2.82. The summed E-state index contributed by atoms with van der Waals surface area (Å²) in [4.78, 5) is 12.2. The van der Waals surface area contributed by atoms with Gasteiger partial charge in [0.1, 0.15) is 0 Å². The number of nitrogens with zero attached hydrogens (tertiary/aromatic N) is 2. The average Bonchev–Trinajstić information content (AvgIpc) is 3.07. The van der Waals surface area contributed by atoms with Crippen molar-refractivity contribution in [3.63, 3.8) is 0 Å². The zero-order valence-corrected chi connectivity index (χ0v) is 14.6.